The normalized spacial score (nSPS) is 11.2. The minimum atomic E-state index is 0.529. The summed E-state index contributed by atoms with van der Waals surface area (Å²) >= 11 is 0. The van der Waals surface area contributed by atoms with Gasteiger partial charge in [-0.2, -0.15) is 0 Å². The maximum atomic E-state index is 5.48. The molecule has 0 saturated carbocycles. The molecule has 0 N–H and O–H groups in total. The lowest BCUT2D eigenvalue weighted by molar-refractivity contribution is 0.414. The molecule has 3 aromatic carbocycles. The Bertz CT molecular complexity index is 1210. The number of hydrogen-bond acceptors (Lipinski definition) is 1. The summed E-state index contributed by atoms with van der Waals surface area (Å²) in [5.74, 6) is 1.43. The van der Waals surface area contributed by atoms with Gasteiger partial charge in [-0.1, -0.05) is 87.9 Å². The molecule has 0 unspecified atom stereocenters. The van der Waals surface area contributed by atoms with Crippen LogP contribution < -0.4 is 4.74 Å². The molecule has 0 spiro atoms. The third-order valence-corrected chi connectivity index (χ3v) is 6.70. The summed E-state index contributed by atoms with van der Waals surface area (Å²) in [6.45, 7) is 6.74. The van der Waals surface area contributed by atoms with Crippen LogP contribution >= 0.6 is 0 Å². The van der Waals surface area contributed by atoms with Crippen molar-refractivity contribution in [2.45, 2.75) is 52.4 Å². The second-order valence-corrected chi connectivity index (χ2v) is 9.59. The van der Waals surface area contributed by atoms with Crippen LogP contribution in [0.15, 0.2) is 79.0 Å². The average Bonchev–Trinajstić information content (AvgIpc) is 3.18. The molecule has 4 aromatic rings. The van der Waals surface area contributed by atoms with Crippen LogP contribution in [0.4, 0.5) is 0 Å². The second kappa shape index (κ2) is 10.8. The molecular formula is C32H37NO. The van der Waals surface area contributed by atoms with Gasteiger partial charge in [0.25, 0.3) is 0 Å². The summed E-state index contributed by atoms with van der Waals surface area (Å²) in [6, 6.07) is 26.7. The number of benzene rings is 3. The Morgan fingerprint density at radius 2 is 1.56 bits per heavy atom. The highest BCUT2D eigenvalue weighted by molar-refractivity contribution is 5.85. The third kappa shape index (κ3) is 5.28. The summed E-state index contributed by atoms with van der Waals surface area (Å²) < 4.78 is 7.77. The Hall–Kier alpha value is -3.26. The fourth-order valence-electron chi connectivity index (χ4n) is 4.74. The van der Waals surface area contributed by atoms with Crippen LogP contribution in [0.1, 0.15) is 61.8 Å². The predicted octanol–water partition coefficient (Wildman–Crippen LogP) is 8.42. The van der Waals surface area contributed by atoms with Crippen molar-refractivity contribution in [3.8, 4) is 28.1 Å². The van der Waals surface area contributed by atoms with Gasteiger partial charge in [-0.3, -0.25) is 0 Å². The lowest BCUT2D eigenvalue weighted by Gasteiger charge is -2.13. The molecule has 1 heterocycles. The molecule has 0 aliphatic heterocycles. The van der Waals surface area contributed by atoms with Crippen molar-refractivity contribution >= 4 is 0 Å². The van der Waals surface area contributed by atoms with E-state index in [1.807, 2.05) is 6.07 Å². The van der Waals surface area contributed by atoms with Gasteiger partial charge in [-0.15, -0.1) is 0 Å². The monoisotopic (exact) mass is 451 g/mol. The molecule has 34 heavy (non-hydrogen) atoms. The zero-order chi connectivity index (χ0) is 24.1. The van der Waals surface area contributed by atoms with Gasteiger partial charge in [-0.25, -0.2) is 0 Å². The SMILES string of the molecule is CCCCc1ccc(-c2c(Cc3cccc(OC)c3)cn(C)c2-c2ccc(C(C)C)cc2)cc1. The smallest absolute Gasteiger partial charge is 0.119 e. The fraction of sp³-hybridized carbons (Fsp3) is 0.312. The van der Waals surface area contributed by atoms with E-state index in [9.17, 15) is 0 Å². The molecule has 0 radical (unpaired) electrons. The van der Waals surface area contributed by atoms with E-state index in [0.29, 0.717) is 5.92 Å². The molecule has 0 aliphatic carbocycles. The molecule has 1 aromatic heterocycles. The van der Waals surface area contributed by atoms with E-state index in [0.717, 1.165) is 18.6 Å². The van der Waals surface area contributed by atoms with Gasteiger partial charge in [0.1, 0.15) is 5.75 Å². The van der Waals surface area contributed by atoms with Crippen LogP contribution in [-0.2, 0) is 19.9 Å². The Morgan fingerprint density at radius 3 is 2.21 bits per heavy atom. The number of ether oxygens (including phenoxy) is 1. The third-order valence-electron chi connectivity index (χ3n) is 6.70. The highest BCUT2D eigenvalue weighted by Crippen LogP contribution is 2.38. The van der Waals surface area contributed by atoms with Gasteiger partial charge in [0.15, 0.2) is 0 Å². The summed E-state index contributed by atoms with van der Waals surface area (Å²) in [7, 11) is 3.89. The summed E-state index contributed by atoms with van der Waals surface area (Å²) in [5, 5.41) is 0. The number of aryl methyl sites for hydroxylation is 2. The number of unbranched alkanes of at least 4 members (excludes halogenated alkanes) is 1. The molecule has 2 nitrogen and oxygen atoms in total. The van der Waals surface area contributed by atoms with E-state index in [-0.39, 0.29) is 0 Å². The Morgan fingerprint density at radius 1 is 0.853 bits per heavy atom. The van der Waals surface area contributed by atoms with Crippen LogP contribution in [0.3, 0.4) is 0 Å². The molecule has 0 bridgehead atoms. The summed E-state index contributed by atoms with van der Waals surface area (Å²) in [4.78, 5) is 0. The van der Waals surface area contributed by atoms with Crippen LogP contribution in [-0.4, -0.2) is 11.7 Å². The largest absolute Gasteiger partial charge is 0.497 e. The summed E-state index contributed by atoms with van der Waals surface area (Å²) in [5.41, 5.74) is 10.5. The van der Waals surface area contributed by atoms with Gasteiger partial charge in [0, 0.05) is 18.8 Å². The van der Waals surface area contributed by atoms with Crippen molar-refractivity contribution in [1.29, 1.82) is 0 Å². The van der Waals surface area contributed by atoms with E-state index in [4.69, 9.17) is 4.74 Å². The minimum absolute atomic E-state index is 0.529. The average molecular weight is 452 g/mol. The number of aromatic nitrogens is 1. The number of methoxy groups -OCH3 is 1. The molecule has 176 valence electrons. The topological polar surface area (TPSA) is 14.2 Å². The van der Waals surface area contributed by atoms with Gasteiger partial charge in [0.2, 0.25) is 0 Å². The lowest BCUT2D eigenvalue weighted by Crippen LogP contribution is -1.94. The van der Waals surface area contributed by atoms with Gasteiger partial charge >= 0.3 is 0 Å². The molecular weight excluding hydrogens is 414 g/mol. The van der Waals surface area contributed by atoms with Crippen LogP contribution in [0.25, 0.3) is 22.4 Å². The number of rotatable bonds is 9. The zero-order valence-corrected chi connectivity index (χ0v) is 21.3. The quantitative estimate of drug-likeness (QED) is 0.249. The van der Waals surface area contributed by atoms with E-state index >= 15 is 0 Å². The highest BCUT2D eigenvalue weighted by Gasteiger charge is 2.18. The van der Waals surface area contributed by atoms with E-state index in [1.165, 1.54) is 57.5 Å². The number of hydrogen-bond donors (Lipinski definition) is 0. The first-order chi connectivity index (χ1) is 16.5. The van der Waals surface area contributed by atoms with Crippen LogP contribution in [0, 0.1) is 0 Å². The first-order valence-electron chi connectivity index (χ1n) is 12.5. The fourth-order valence-corrected chi connectivity index (χ4v) is 4.74. The van der Waals surface area contributed by atoms with Crippen molar-refractivity contribution in [3.05, 3.63) is 101 Å². The molecule has 2 heteroatoms. The van der Waals surface area contributed by atoms with Crippen LogP contribution in [0.5, 0.6) is 5.75 Å². The molecule has 0 amide bonds. The Labute approximate surface area is 205 Å². The molecule has 0 aliphatic rings. The Kier molecular flexibility index (Phi) is 7.57. The maximum Gasteiger partial charge on any atom is 0.119 e. The van der Waals surface area contributed by atoms with Crippen molar-refractivity contribution in [3.63, 3.8) is 0 Å². The molecule has 0 saturated heterocycles. The first kappa shape index (κ1) is 23.9. The van der Waals surface area contributed by atoms with Crippen molar-refractivity contribution < 1.29 is 4.74 Å². The molecule has 4 rings (SSSR count). The van der Waals surface area contributed by atoms with Crippen molar-refractivity contribution in [2.24, 2.45) is 7.05 Å². The number of nitrogens with zero attached hydrogens (tertiary/aromatic N) is 1. The van der Waals surface area contributed by atoms with Gasteiger partial charge in [-0.05, 0) is 70.7 Å². The van der Waals surface area contributed by atoms with Gasteiger partial charge < -0.3 is 9.30 Å². The molecule has 0 fully saturated rings. The van der Waals surface area contributed by atoms with E-state index < -0.39 is 0 Å². The highest BCUT2D eigenvalue weighted by atomic mass is 16.5. The van der Waals surface area contributed by atoms with Crippen molar-refractivity contribution in [1.82, 2.24) is 4.57 Å². The second-order valence-electron chi connectivity index (χ2n) is 9.59. The Balaban J connectivity index is 1.80. The lowest BCUT2D eigenvalue weighted by atomic mass is 9.92. The maximum absolute atomic E-state index is 5.48. The standard InChI is InChI=1S/C32H37NO/c1-6-7-9-24-12-14-27(15-13-24)31-29(20-25-10-8-11-30(21-25)34-5)22-33(4)32(31)28-18-16-26(17-19-28)23(2)3/h8,10-19,21-23H,6-7,9,20H2,1-5H3. The first-order valence-corrected chi connectivity index (χ1v) is 12.5. The zero-order valence-electron chi connectivity index (χ0n) is 21.3. The summed E-state index contributed by atoms with van der Waals surface area (Å²) in [6.07, 6.45) is 6.76. The molecule has 0 atom stereocenters. The van der Waals surface area contributed by atoms with E-state index in [1.54, 1.807) is 7.11 Å². The minimum Gasteiger partial charge on any atom is -0.497 e. The van der Waals surface area contributed by atoms with Gasteiger partial charge in [0.05, 0.1) is 12.8 Å². The van der Waals surface area contributed by atoms with Crippen LogP contribution in [0.2, 0.25) is 0 Å². The van der Waals surface area contributed by atoms with E-state index in [2.05, 4.69) is 105 Å². The van der Waals surface area contributed by atoms with Crippen molar-refractivity contribution in [2.75, 3.05) is 7.11 Å². The predicted molar refractivity (Wildman–Crippen MR) is 145 cm³/mol.